The van der Waals surface area contributed by atoms with Crippen LogP contribution < -0.4 is 15.2 Å². The average Bonchev–Trinajstić information content (AvgIpc) is 3.71. The van der Waals surface area contributed by atoms with Crippen LogP contribution in [0.4, 0.5) is 13.2 Å². The van der Waals surface area contributed by atoms with E-state index in [0.29, 0.717) is 22.7 Å². The van der Waals surface area contributed by atoms with Gasteiger partial charge in [-0.2, -0.15) is 13.2 Å². The van der Waals surface area contributed by atoms with Gasteiger partial charge in [0.2, 0.25) is 17.7 Å². The Morgan fingerprint density at radius 1 is 1.08 bits per heavy atom. The number of hydrogen-bond donors (Lipinski definition) is 1. The minimum absolute atomic E-state index is 0.0232. The molecule has 5 rings (SSSR count). The maximum atomic E-state index is 14.2. The van der Waals surface area contributed by atoms with Crippen LogP contribution in [0.3, 0.4) is 0 Å². The Morgan fingerprint density at radius 2 is 1.76 bits per heavy atom. The first-order valence-electron chi connectivity index (χ1n) is 16.9. The summed E-state index contributed by atoms with van der Waals surface area (Å²) in [4.78, 5) is 52.9. The van der Waals surface area contributed by atoms with E-state index in [4.69, 9.17) is 25.2 Å². The smallest absolute Gasteiger partial charge is 0.391 e. The van der Waals surface area contributed by atoms with Crippen LogP contribution in [0.2, 0.25) is 0 Å². The fourth-order valence-electron chi connectivity index (χ4n) is 6.78. The van der Waals surface area contributed by atoms with Crippen molar-refractivity contribution in [2.45, 2.75) is 91.5 Å². The van der Waals surface area contributed by atoms with Gasteiger partial charge in [-0.1, -0.05) is 34.6 Å². The third-order valence-corrected chi connectivity index (χ3v) is 10.8. The number of likely N-dealkylation sites (tertiary alicyclic amines) is 2. The van der Waals surface area contributed by atoms with Crippen LogP contribution in [-0.4, -0.2) is 82.6 Å². The summed E-state index contributed by atoms with van der Waals surface area (Å²) in [6.07, 6.45) is -5.31. The van der Waals surface area contributed by atoms with E-state index in [0.717, 1.165) is 21.7 Å². The Morgan fingerprint density at radius 3 is 2.32 bits per heavy atom. The number of aromatic nitrogens is 2. The molecule has 0 aliphatic carbocycles. The lowest BCUT2D eigenvalue weighted by Gasteiger charge is -2.37. The highest BCUT2D eigenvalue weighted by molar-refractivity contribution is 7.13. The van der Waals surface area contributed by atoms with Gasteiger partial charge < -0.3 is 25.0 Å². The van der Waals surface area contributed by atoms with Crippen molar-refractivity contribution in [1.82, 2.24) is 19.8 Å². The highest BCUT2D eigenvalue weighted by atomic mass is 32.1. The number of alkyl halides is 3. The second-order valence-electron chi connectivity index (χ2n) is 14.7. The van der Waals surface area contributed by atoms with E-state index in [-0.39, 0.29) is 57.1 Å². The van der Waals surface area contributed by atoms with Crippen LogP contribution in [0.15, 0.2) is 23.6 Å². The van der Waals surface area contributed by atoms with Crippen LogP contribution in [0.25, 0.3) is 21.6 Å². The molecule has 0 spiro atoms. The lowest BCUT2D eigenvalue weighted by atomic mass is 9.77. The lowest BCUT2D eigenvalue weighted by Crippen LogP contribution is -2.50. The summed E-state index contributed by atoms with van der Waals surface area (Å²) in [5.74, 6) is -2.38. The number of nitrogens with two attached hydrogens (primary N) is 1. The molecule has 2 fully saturated rings. The average molecular weight is 718 g/mol. The van der Waals surface area contributed by atoms with E-state index in [2.05, 4.69) is 13.8 Å². The highest BCUT2D eigenvalue weighted by Gasteiger charge is 2.46. The van der Waals surface area contributed by atoms with Crippen molar-refractivity contribution in [3.8, 4) is 22.2 Å². The van der Waals surface area contributed by atoms with Crippen molar-refractivity contribution < 1.29 is 37.0 Å². The van der Waals surface area contributed by atoms with Gasteiger partial charge in [0.15, 0.2) is 0 Å². The summed E-state index contributed by atoms with van der Waals surface area (Å²) in [5.41, 5.74) is 8.18. The number of ether oxygens (including phenoxy) is 2. The lowest BCUT2D eigenvalue weighted by molar-refractivity contribution is -0.186. The molecular weight excluding hydrogens is 671 g/mol. The van der Waals surface area contributed by atoms with Gasteiger partial charge in [0.05, 0.1) is 36.7 Å². The molecule has 0 radical (unpaired) electrons. The van der Waals surface area contributed by atoms with Gasteiger partial charge in [-0.15, -0.1) is 11.3 Å². The zero-order valence-electron chi connectivity index (χ0n) is 29.6. The fraction of sp³-hybridized carbons (Fsp3) is 0.583. The Kier molecular flexibility index (Phi) is 10.7. The number of pyridine rings is 1. The number of fused-ring (bicyclic) bond motifs is 1. The first-order valence-corrected chi connectivity index (χ1v) is 17.8. The van der Waals surface area contributed by atoms with E-state index in [1.807, 2.05) is 51.3 Å². The van der Waals surface area contributed by atoms with Crippen molar-refractivity contribution in [2.24, 2.45) is 23.0 Å². The third-order valence-electron chi connectivity index (χ3n) is 9.90. The summed E-state index contributed by atoms with van der Waals surface area (Å²) in [5, 5.41) is 3.45. The standard InChI is InChI=1S/C36H46F3N5O5S/c1-19(2)26-18-50-33(42-26)25-16-29(23-8-9-28(48-7)20(3)31(23)41-25)49-22-14-27(32(40)46)44(17-22)34(47)24(35(4,5)6)15-30(45)43-12-10-21(11-13-43)36(37,38)39/h8-9,16,18-19,21-22,24,27H,10-15,17H2,1-7H3,(H2,40,46)/t22-,24-,27+/m1/s1. The van der Waals surface area contributed by atoms with Gasteiger partial charge in [-0.3, -0.25) is 14.4 Å². The second kappa shape index (κ2) is 14.4. The number of rotatable bonds is 9. The molecule has 0 bridgehead atoms. The highest BCUT2D eigenvalue weighted by Crippen LogP contribution is 2.40. The van der Waals surface area contributed by atoms with E-state index in [1.165, 1.54) is 21.1 Å². The van der Waals surface area contributed by atoms with Gasteiger partial charge in [-0.05, 0) is 43.2 Å². The van der Waals surface area contributed by atoms with Gasteiger partial charge in [0.25, 0.3) is 0 Å². The van der Waals surface area contributed by atoms with Crippen LogP contribution >= 0.6 is 11.3 Å². The normalized spacial score (nSPS) is 19.7. The zero-order valence-corrected chi connectivity index (χ0v) is 30.4. The largest absolute Gasteiger partial charge is 0.496 e. The number of carbonyl (C=O) groups excluding carboxylic acids is 3. The summed E-state index contributed by atoms with van der Waals surface area (Å²) in [6, 6.07) is 4.53. The van der Waals surface area contributed by atoms with E-state index < -0.39 is 47.4 Å². The third kappa shape index (κ3) is 7.84. The molecule has 2 aromatic heterocycles. The Labute approximate surface area is 294 Å². The topological polar surface area (TPSA) is 128 Å². The molecule has 3 atom stereocenters. The number of amides is 3. The minimum atomic E-state index is -4.30. The maximum absolute atomic E-state index is 14.2. The number of primary amides is 1. The van der Waals surface area contributed by atoms with E-state index in [1.54, 1.807) is 7.11 Å². The Bertz CT molecular complexity index is 1750. The van der Waals surface area contributed by atoms with Gasteiger partial charge >= 0.3 is 6.18 Å². The fourth-order valence-corrected chi connectivity index (χ4v) is 7.72. The second-order valence-corrected chi connectivity index (χ2v) is 15.6. The predicted molar refractivity (Wildman–Crippen MR) is 185 cm³/mol. The summed E-state index contributed by atoms with van der Waals surface area (Å²) in [7, 11) is 1.59. The van der Waals surface area contributed by atoms with Crippen molar-refractivity contribution in [3.63, 3.8) is 0 Å². The van der Waals surface area contributed by atoms with Gasteiger partial charge in [-0.25, -0.2) is 9.97 Å². The molecule has 1 aromatic carbocycles. The Hall–Kier alpha value is -3.94. The SMILES string of the molecule is COc1ccc2c(O[C@@H]3C[C@@H](C(N)=O)N(C(=O)[C@@H](CC(=O)N4CCC(C(F)(F)F)CC4)C(C)(C)C)C3)cc(-c3nc(C(C)C)cs3)nc2c1C. The number of thiazole rings is 1. The van der Waals surface area contributed by atoms with Crippen LogP contribution in [0.1, 0.15) is 77.5 Å². The van der Waals surface area contributed by atoms with E-state index in [9.17, 15) is 27.6 Å². The molecule has 2 saturated heterocycles. The predicted octanol–water partition coefficient (Wildman–Crippen LogP) is 6.49. The van der Waals surface area contributed by atoms with Gasteiger partial charge in [0.1, 0.15) is 34.3 Å². The van der Waals surface area contributed by atoms with Crippen molar-refractivity contribution >= 4 is 40.0 Å². The Balaban J connectivity index is 1.41. The molecule has 10 nitrogen and oxygen atoms in total. The number of carbonyl (C=O) groups is 3. The number of aryl methyl sites for hydroxylation is 1. The molecular formula is C36H46F3N5O5S. The van der Waals surface area contributed by atoms with Crippen LogP contribution in [-0.2, 0) is 14.4 Å². The molecule has 0 saturated carbocycles. The minimum Gasteiger partial charge on any atom is -0.496 e. The monoisotopic (exact) mass is 717 g/mol. The number of nitrogens with zero attached hydrogens (tertiary/aromatic N) is 4. The number of benzene rings is 1. The van der Waals surface area contributed by atoms with Crippen molar-refractivity contribution in [2.75, 3.05) is 26.7 Å². The summed E-state index contributed by atoms with van der Waals surface area (Å²) >= 11 is 1.48. The molecule has 2 aliphatic rings. The number of halogens is 3. The zero-order chi connectivity index (χ0) is 36.7. The number of methoxy groups -OCH3 is 1. The summed E-state index contributed by atoms with van der Waals surface area (Å²) in [6.45, 7) is 11.5. The molecule has 3 aromatic rings. The molecule has 4 heterocycles. The molecule has 50 heavy (non-hydrogen) atoms. The summed E-state index contributed by atoms with van der Waals surface area (Å²) < 4.78 is 51.8. The van der Waals surface area contributed by atoms with Crippen LogP contribution in [0.5, 0.6) is 11.5 Å². The van der Waals surface area contributed by atoms with E-state index >= 15 is 0 Å². The molecule has 0 unspecified atom stereocenters. The first kappa shape index (κ1) is 37.3. The molecule has 2 aliphatic heterocycles. The van der Waals surface area contributed by atoms with Crippen LogP contribution in [0, 0.1) is 24.2 Å². The first-order chi connectivity index (χ1) is 23.4. The molecule has 272 valence electrons. The number of hydrogen-bond acceptors (Lipinski definition) is 8. The molecule has 14 heteroatoms. The van der Waals surface area contributed by atoms with Crippen molar-refractivity contribution in [3.05, 3.63) is 34.8 Å². The molecule has 2 N–H and O–H groups in total. The maximum Gasteiger partial charge on any atom is 0.391 e. The quantitative estimate of drug-likeness (QED) is 0.268. The molecule has 3 amide bonds. The van der Waals surface area contributed by atoms with Crippen molar-refractivity contribution in [1.29, 1.82) is 0 Å². The number of piperidine rings is 1. The van der Waals surface area contributed by atoms with Gasteiger partial charge in [0, 0.05) is 48.3 Å².